The van der Waals surface area contributed by atoms with Gasteiger partial charge in [0.05, 0.1) is 17.7 Å². The standard InChI is InChI=1S/C23H27FN2O2/c1-23(28)13-14-26(15-16-7-8-16)20(17-5-3-2-4-6-17)21(23)25-22(27)18-9-11-19(24)12-10-18/h2-6,9-12,16,20-21,28H,7-8,13-15H2,1H3,(H,25,27). The van der Waals surface area contributed by atoms with Gasteiger partial charge in [0.15, 0.2) is 0 Å². The number of amides is 1. The van der Waals surface area contributed by atoms with Gasteiger partial charge in [0.1, 0.15) is 5.82 Å². The summed E-state index contributed by atoms with van der Waals surface area (Å²) in [5.74, 6) is 0.0428. The number of rotatable bonds is 5. The minimum atomic E-state index is -1.03. The number of aliphatic hydroxyl groups is 1. The largest absolute Gasteiger partial charge is 0.388 e. The monoisotopic (exact) mass is 382 g/mol. The van der Waals surface area contributed by atoms with Gasteiger partial charge < -0.3 is 10.4 Å². The van der Waals surface area contributed by atoms with Gasteiger partial charge in [-0.3, -0.25) is 9.69 Å². The van der Waals surface area contributed by atoms with Crippen LogP contribution < -0.4 is 5.32 Å². The second kappa shape index (κ2) is 7.64. The Morgan fingerprint density at radius 2 is 1.86 bits per heavy atom. The van der Waals surface area contributed by atoms with Crippen molar-refractivity contribution in [2.75, 3.05) is 13.1 Å². The molecule has 3 unspecified atom stereocenters. The second-order valence-corrected chi connectivity index (χ2v) is 8.36. The summed E-state index contributed by atoms with van der Waals surface area (Å²) >= 11 is 0. The molecule has 3 atom stereocenters. The van der Waals surface area contributed by atoms with Crippen molar-refractivity contribution in [1.29, 1.82) is 0 Å². The lowest BCUT2D eigenvalue weighted by molar-refractivity contribution is -0.0650. The van der Waals surface area contributed by atoms with Crippen molar-refractivity contribution in [3.63, 3.8) is 0 Å². The number of hydrogen-bond acceptors (Lipinski definition) is 3. The number of likely N-dealkylation sites (tertiary alicyclic amines) is 1. The summed E-state index contributed by atoms with van der Waals surface area (Å²) in [4.78, 5) is 15.3. The average Bonchev–Trinajstić information content (AvgIpc) is 3.50. The van der Waals surface area contributed by atoms with Crippen molar-refractivity contribution in [2.45, 2.75) is 43.9 Å². The number of carbonyl (C=O) groups excluding carboxylic acids is 1. The third-order valence-electron chi connectivity index (χ3n) is 6.01. The predicted octanol–water partition coefficient (Wildman–Crippen LogP) is 3.53. The number of nitrogens with one attached hydrogen (secondary N) is 1. The quantitative estimate of drug-likeness (QED) is 0.832. The SMILES string of the molecule is CC1(O)CCN(CC2CC2)C(c2ccccc2)C1NC(=O)c1ccc(F)cc1. The molecular weight excluding hydrogens is 355 g/mol. The smallest absolute Gasteiger partial charge is 0.251 e. The van der Waals surface area contributed by atoms with Crippen LogP contribution in [0, 0.1) is 11.7 Å². The van der Waals surface area contributed by atoms with E-state index in [1.54, 1.807) is 6.92 Å². The number of benzene rings is 2. The van der Waals surface area contributed by atoms with Gasteiger partial charge in [0.25, 0.3) is 5.91 Å². The molecule has 2 aromatic carbocycles. The van der Waals surface area contributed by atoms with Gasteiger partial charge in [0.2, 0.25) is 0 Å². The predicted molar refractivity (Wildman–Crippen MR) is 106 cm³/mol. The molecule has 1 saturated heterocycles. The number of nitrogens with zero attached hydrogens (tertiary/aromatic N) is 1. The Bertz CT molecular complexity index is 818. The first-order valence-corrected chi connectivity index (χ1v) is 10.0. The highest BCUT2D eigenvalue weighted by Gasteiger charge is 2.47. The van der Waals surface area contributed by atoms with Crippen LogP contribution in [-0.2, 0) is 0 Å². The summed E-state index contributed by atoms with van der Waals surface area (Å²) in [6.07, 6.45) is 3.10. The molecule has 2 aromatic rings. The zero-order valence-electron chi connectivity index (χ0n) is 16.1. The molecule has 0 radical (unpaired) electrons. The van der Waals surface area contributed by atoms with Crippen LogP contribution in [0.25, 0.3) is 0 Å². The first kappa shape index (κ1) is 19.1. The van der Waals surface area contributed by atoms with Crippen LogP contribution in [0.15, 0.2) is 54.6 Å². The zero-order valence-corrected chi connectivity index (χ0v) is 16.1. The van der Waals surface area contributed by atoms with Gasteiger partial charge >= 0.3 is 0 Å². The van der Waals surface area contributed by atoms with E-state index in [9.17, 15) is 14.3 Å². The van der Waals surface area contributed by atoms with Gasteiger partial charge in [-0.05, 0) is 61.9 Å². The fraction of sp³-hybridized carbons (Fsp3) is 0.435. The fourth-order valence-electron chi connectivity index (χ4n) is 4.17. The molecule has 5 heteroatoms. The Balaban J connectivity index is 1.64. The lowest BCUT2D eigenvalue weighted by Gasteiger charge is -2.49. The topological polar surface area (TPSA) is 52.6 Å². The number of carbonyl (C=O) groups is 1. The number of hydrogen-bond donors (Lipinski definition) is 2. The van der Waals surface area contributed by atoms with E-state index in [2.05, 4.69) is 22.3 Å². The molecule has 0 spiro atoms. The lowest BCUT2D eigenvalue weighted by atomic mass is 9.79. The molecule has 4 rings (SSSR count). The van der Waals surface area contributed by atoms with Gasteiger partial charge in [-0.2, -0.15) is 0 Å². The van der Waals surface area contributed by atoms with Crippen LogP contribution in [0.2, 0.25) is 0 Å². The molecule has 148 valence electrons. The Morgan fingerprint density at radius 1 is 1.18 bits per heavy atom. The van der Waals surface area contributed by atoms with E-state index in [0.29, 0.717) is 17.9 Å². The average molecular weight is 382 g/mol. The van der Waals surface area contributed by atoms with Gasteiger partial charge in [-0.1, -0.05) is 30.3 Å². The highest BCUT2D eigenvalue weighted by atomic mass is 19.1. The molecule has 1 amide bonds. The molecule has 2 fully saturated rings. The van der Waals surface area contributed by atoms with Crippen LogP contribution in [0.5, 0.6) is 0 Å². The normalized spacial score (nSPS) is 28.1. The van der Waals surface area contributed by atoms with Gasteiger partial charge in [-0.15, -0.1) is 0 Å². The number of piperidine rings is 1. The first-order chi connectivity index (χ1) is 13.4. The Kier molecular flexibility index (Phi) is 5.21. The van der Waals surface area contributed by atoms with Crippen molar-refractivity contribution >= 4 is 5.91 Å². The minimum absolute atomic E-state index is 0.102. The van der Waals surface area contributed by atoms with Crippen LogP contribution >= 0.6 is 0 Å². The zero-order chi connectivity index (χ0) is 19.7. The van der Waals surface area contributed by atoms with E-state index >= 15 is 0 Å². The second-order valence-electron chi connectivity index (χ2n) is 8.36. The van der Waals surface area contributed by atoms with Crippen LogP contribution in [-0.4, -0.2) is 40.6 Å². The molecule has 0 bridgehead atoms. The van der Waals surface area contributed by atoms with Crippen molar-refractivity contribution in [2.24, 2.45) is 5.92 Å². The summed E-state index contributed by atoms with van der Waals surface area (Å²) in [6, 6.07) is 15.0. The summed E-state index contributed by atoms with van der Waals surface area (Å²) < 4.78 is 13.2. The molecule has 1 aliphatic heterocycles. The maximum Gasteiger partial charge on any atom is 0.251 e. The highest BCUT2D eigenvalue weighted by Crippen LogP contribution is 2.40. The van der Waals surface area contributed by atoms with E-state index in [4.69, 9.17) is 0 Å². The maximum atomic E-state index is 13.2. The van der Waals surface area contributed by atoms with Crippen LogP contribution in [0.1, 0.15) is 48.1 Å². The van der Waals surface area contributed by atoms with Crippen molar-refractivity contribution < 1.29 is 14.3 Å². The first-order valence-electron chi connectivity index (χ1n) is 10.0. The van der Waals surface area contributed by atoms with E-state index < -0.39 is 11.6 Å². The van der Waals surface area contributed by atoms with E-state index in [0.717, 1.165) is 18.7 Å². The summed E-state index contributed by atoms with van der Waals surface area (Å²) in [5, 5.41) is 14.2. The molecule has 1 saturated carbocycles. The molecule has 4 nitrogen and oxygen atoms in total. The van der Waals surface area contributed by atoms with E-state index in [-0.39, 0.29) is 17.8 Å². The van der Waals surface area contributed by atoms with Crippen molar-refractivity contribution in [3.8, 4) is 0 Å². The van der Waals surface area contributed by atoms with Crippen molar-refractivity contribution in [3.05, 3.63) is 71.5 Å². The highest BCUT2D eigenvalue weighted by molar-refractivity contribution is 5.94. The van der Waals surface area contributed by atoms with Crippen LogP contribution in [0.4, 0.5) is 4.39 Å². The molecule has 1 aliphatic carbocycles. The molecule has 2 N–H and O–H groups in total. The Labute approximate surface area is 165 Å². The van der Waals surface area contributed by atoms with Crippen molar-refractivity contribution in [1.82, 2.24) is 10.2 Å². The maximum absolute atomic E-state index is 13.2. The number of halogens is 1. The van der Waals surface area contributed by atoms with Gasteiger partial charge in [0, 0.05) is 18.7 Å². The van der Waals surface area contributed by atoms with Gasteiger partial charge in [-0.25, -0.2) is 4.39 Å². The Morgan fingerprint density at radius 3 is 2.50 bits per heavy atom. The summed E-state index contributed by atoms with van der Waals surface area (Å²) in [5.41, 5.74) is 0.451. The summed E-state index contributed by atoms with van der Waals surface area (Å²) in [7, 11) is 0. The third-order valence-corrected chi connectivity index (χ3v) is 6.01. The lowest BCUT2D eigenvalue weighted by Crippen LogP contribution is -2.62. The Hall–Kier alpha value is -2.24. The third kappa shape index (κ3) is 4.10. The molecular formula is C23H27FN2O2. The molecule has 1 heterocycles. The molecule has 2 aliphatic rings. The summed E-state index contributed by atoms with van der Waals surface area (Å²) in [6.45, 7) is 3.58. The minimum Gasteiger partial charge on any atom is -0.388 e. The molecule has 0 aromatic heterocycles. The van der Waals surface area contributed by atoms with E-state index in [1.807, 2.05) is 18.2 Å². The van der Waals surface area contributed by atoms with Crippen LogP contribution in [0.3, 0.4) is 0 Å². The fourth-order valence-corrected chi connectivity index (χ4v) is 4.17. The van der Waals surface area contributed by atoms with E-state index in [1.165, 1.54) is 37.1 Å². The molecule has 28 heavy (non-hydrogen) atoms.